The molecule has 0 saturated heterocycles. The lowest BCUT2D eigenvalue weighted by Crippen LogP contribution is -2.17. The molecule has 0 aromatic carbocycles. The van der Waals surface area contributed by atoms with Gasteiger partial charge in [0.1, 0.15) is 21.1 Å². The topological polar surface area (TPSA) is 132 Å². The molecule has 4 aromatic rings. The number of carbonyl (C=O) groups is 2. The van der Waals surface area contributed by atoms with Gasteiger partial charge in [0.05, 0.1) is 21.1 Å². The van der Waals surface area contributed by atoms with E-state index in [0.717, 1.165) is 11.3 Å². The quantitative estimate of drug-likeness (QED) is 0.323. The second kappa shape index (κ2) is 7.96. The Morgan fingerprint density at radius 1 is 1.35 bits per heavy atom. The van der Waals surface area contributed by atoms with Crippen LogP contribution in [0.1, 0.15) is 38.0 Å². The Morgan fingerprint density at radius 2 is 2.10 bits per heavy atom. The Balaban J connectivity index is 2.01. The summed E-state index contributed by atoms with van der Waals surface area (Å²) in [6.45, 7) is 1.73. The van der Waals surface area contributed by atoms with Crippen LogP contribution in [0, 0.1) is 10.5 Å². The third kappa shape index (κ3) is 3.78. The van der Waals surface area contributed by atoms with Gasteiger partial charge in [0, 0.05) is 24.2 Å². The number of hydrogen-bond donors (Lipinski definition) is 3. The number of pyridine rings is 1. The number of carbonyl (C=O) groups excluding carboxylic acids is 2. The number of primary amides is 1. The molecule has 0 aliphatic rings. The van der Waals surface area contributed by atoms with Crippen LogP contribution in [0.2, 0.25) is 0 Å². The smallest absolute Gasteiger partial charge is 0.280 e. The number of amides is 2. The molecule has 0 bridgehead atoms. The molecule has 9 nitrogen and oxygen atoms in total. The molecular weight excluding hydrogens is 543 g/mol. The number of nitrogens with two attached hydrogens (primary N) is 1. The molecule has 4 heterocycles. The lowest BCUT2D eigenvalue weighted by molar-refractivity contribution is 0.100. The van der Waals surface area contributed by atoms with Gasteiger partial charge in [-0.05, 0) is 41.1 Å². The zero-order valence-corrected chi connectivity index (χ0v) is 19.0. The van der Waals surface area contributed by atoms with Gasteiger partial charge in [0.25, 0.3) is 18.2 Å². The largest absolute Gasteiger partial charge is 0.365 e. The van der Waals surface area contributed by atoms with E-state index in [1.807, 2.05) is 22.6 Å². The van der Waals surface area contributed by atoms with Gasteiger partial charge in [-0.25, -0.2) is 13.8 Å². The number of aryl methyl sites for hydroxylation is 2. The lowest BCUT2D eigenvalue weighted by atomic mass is 10.0. The number of anilines is 1. The molecule has 160 valence electrons. The van der Waals surface area contributed by atoms with Gasteiger partial charge in [-0.3, -0.25) is 19.4 Å². The van der Waals surface area contributed by atoms with Crippen LogP contribution < -0.4 is 11.1 Å². The maximum absolute atomic E-state index is 13.6. The number of nitrogens with one attached hydrogen (secondary N) is 2. The molecule has 0 aliphatic heterocycles. The third-order valence-electron chi connectivity index (χ3n) is 4.49. The van der Waals surface area contributed by atoms with Crippen molar-refractivity contribution in [3.8, 4) is 11.1 Å². The third-order valence-corrected chi connectivity index (χ3v) is 6.41. The Kier molecular flexibility index (Phi) is 5.47. The summed E-state index contributed by atoms with van der Waals surface area (Å²) in [5.41, 5.74) is 6.89. The lowest BCUT2D eigenvalue weighted by Gasteiger charge is -2.10. The van der Waals surface area contributed by atoms with E-state index >= 15 is 0 Å². The molecule has 13 heteroatoms. The zero-order chi connectivity index (χ0) is 22.4. The van der Waals surface area contributed by atoms with Crippen LogP contribution in [-0.2, 0) is 7.05 Å². The van der Waals surface area contributed by atoms with Crippen LogP contribution >= 0.6 is 33.9 Å². The predicted molar refractivity (Wildman–Crippen MR) is 119 cm³/mol. The van der Waals surface area contributed by atoms with Crippen molar-refractivity contribution in [2.75, 3.05) is 5.32 Å². The molecule has 4 aromatic heterocycles. The van der Waals surface area contributed by atoms with E-state index in [1.54, 1.807) is 24.9 Å². The minimum Gasteiger partial charge on any atom is -0.365 e. The summed E-state index contributed by atoms with van der Waals surface area (Å²) in [4.78, 5) is 29.1. The fourth-order valence-corrected chi connectivity index (χ4v) is 4.72. The van der Waals surface area contributed by atoms with Gasteiger partial charge in [-0.1, -0.05) is 0 Å². The summed E-state index contributed by atoms with van der Waals surface area (Å²) in [5, 5.41) is 13.7. The van der Waals surface area contributed by atoms with E-state index in [9.17, 15) is 18.4 Å². The highest BCUT2D eigenvalue weighted by Crippen LogP contribution is 2.43. The molecule has 4 rings (SSSR count). The number of alkyl halides is 2. The standard InChI is InChI=1S/C18H14F2IN7O2S/c1-6-8(5-28(2)27-6)7-3-10(15(19)20)24-18-11(7)13(14(31-18)16(22)29)25-17(30)12-9(21)4-23-26-12/h3-5,15H,1-2H3,(H2,22,29)(H,23,26)(H,25,30). The van der Waals surface area contributed by atoms with E-state index in [4.69, 9.17) is 5.73 Å². The first-order valence-electron chi connectivity index (χ1n) is 8.73. The van der Waals surface area contributed by atoms with Crippen molar-refractivity contribution in [1.82, 2.24) is 25.0 Å². The van der Waals surface area contributed by atoms with Crippen molar-refractivity contribution in [1.29, 1.82) is 0 Å². The zero-order valence-electron chi connectivity index (χ0n) is 16.0. The van der Waals surface area contributed by atoms with E-state index in [1.165, 1.54) is 12.3 Å². The molecule has 4 N–H and O–H groups in total. The highest BCUT2D eigenvalue weighted by atomic mass is 127. The van der Waals surface area contributed by atoms with Gasteiger partial charge in [-0.2, -0.15) is 10.2 Å². The van der Waals surface area contributed by atoms with Crippen LogP contribution in [-0.4, -0.2) is 36.8 Å². The highest BCUT2D eigenvalue weighted by Gasteiger charge is 2.27. The van der Waals surface area contributed by atoms with Crippen LogP contribution in [0.4, 0.5) is 14.5 Å². The molecule has 31 heavy (non-hydrogen) atoms. The first-order chi connectivity index (χ1) is 14.7. The van der Waals surface area contributed by atoms with Crippen LogP contribution in [0.5, 0.6) is 0 Å². The number of H-pyrrole nitrogens is 1. The Hall–Kier alpha value is -2.94. The maximum Gasteiger partial charge on any atom is 0.280 e. The monoisotopic (exact) mass is 557 g/mol. The molecule has 0 radical (unpaired) electrons. The number of nitrogens with zero attached hydrogens (tertiary/aromatic N) is 4. The van der Waals surface area contributed by atoms with Gasteiger partial charge < -0.3 is 11.1 Å². The van der Waals surface area contributed by atoms with E-state index in [-0.39, 0.29) is 21.1 Å². The summed E-state index contributed by atoms with van der Waals surface area (Å²) in [5.74, 6) is -1.37. The molecule has 0 atom stereocenters. The molecule has 0 unspecified atom stereocenters. The minimum atomic E-state index is -2.83. The predicted octanol–water partition coefficient (Wildman–Crippen LogP) is 3.62. The van der Waals surface area contributed by atoms with Crippen LogP contribution in [0.3, 0.4) is 0 Å². The van der Waals surface area contributed by atoms with Crippen LogP contribution in [0.25, 0.3) is 21.3 Å². The number of hydrogen-bond acceptors (Lipinski definition) is 6. The molecular formula is C18H14F2IN7O2S. The van der Waals surface area contributed by atoms with Gasteiger partial charge in [0.2, 0.25) is 0 Å². The van der Waals surface area contributed by atoms with Gasteiger partial charge >= 0.3 is 0 Å². The SMILES string of the molecule is Cc1nn(C)cc1-c1cc(C(F)F)nc2sc(C(N)=O)c(NC(=O)c3[nH]ncc3I)c12. The number of rotatable bonds is 5. The molecule has 0 aliphatic carbocycles. The first kappa shape index (κ1) is 21.3. The molecule has 2 amide bonds. The van der Waals surface area contributed by atoms with Gasteiger partial charge in [0.15, 0.2) is 0 Å². The first-order valence-corrected chi connectivity index (χ1v) is 10.6. The molecule has 0 saturated carbocycles. The fraction of sp³-hybridized carbons (Fsp3) is 0.167. The second-order valence-corrected chi connectivity index (χ2v) is 8.76. The summed E-state index contributed by atoms with van der Waals surface area (Å²) in [6.07, 6.45) is 0.311. The molecule has 0 fully saturated rings. The summed E-state index contributed by atoms with van der Waals surface area (Å²) < 4.78 is 29.2. The van der Waals surface area contributed by atoms with Gasteiger partial charge in [-0.15, -0.1) is 11.3 Å². The van der Waals surface area contributed by atoms with E-state index in [2.05, 4.69) is 25.6 Å². The van der Waals surface area contributed by atoms with Crippen molar-refractivity contribution in [3.63, 3.8) is 0 Å². The van der Waals surface area contributed by atoms with Crippen molar-refractivity contribution in [2.45, 2.75) is 13.3 Å². The minimum absolute atomic E-state index is 0.000386. The average Bonchev–Trinajstić information content (AvgIpc) is 3.38. The van der Waals surface area contributed by atoms with Crippen molar-refractivity contribution in [3.05, 3.63) is 44.0 Å². The van der Waals surface area contributed by atoms with E-state index < -0.39 is 23.9 Å². The summed E-state index contributed by atoms with van der Waals surface area (Å²) >= 11 is 2.78. The fourth-order valence-electron chi connectivity index (χ4n) is 3.21. The maximum atomic E-state index is 13.6. The highest BCUT2D eigenvalue weighted by molar-refractivity contribution is 14.1. The number of aromatic amines is 1. The average molecular weight is 557 g/mol. The van der Waals surface area contributed by atoms with E-state index in [0.29, 0.717) is 25.8 Å². The molecule has 0 spiro atoms. The van der Waals surface area contributed by atoms with Crippen molar-refractivity contribution < 1.29 is 18.4 Å². The van der Waals surface area contributed by atoms with Crippen molar-refractivity contribution in [2.24, 2.45) is 12.8 Å². The number of fused-ring (bicyclic) bond motifs is 1. The normalized spacial score (nSPS) is 11.4. The second-order valence-electron chi connectivity index (χ2n) is 6.59. The Morgan fingerprint density at radius 3 is 2.65 bits per heavy atom. The number of aromatic nitrogens is 5. The number of halogens is 3. The summed E-state index contributed by atoms with van der Waals surface area (Å²) in [7, 11) is 1.70. The van der Waals surface area contributed by atoms with Crippen molar-refractivity contribution >= 4 is 61.6 Å². The Labute approximate surface area is 191 Å². The number of thiophene rings is 1. The Bertz CT molecular complexity index is 1340. The summed E-state index contributed by atoms with van der Waals surface area (Å²) in [6, 6.07) is 1.24. The van der Waals surface area contributed by atoms with Crippen LogP contribution in [0.15, 0.2) is 18.5 Å².